The van der Waals surface area contributed by atoms with E-state index in [9.17, 15) is 4.79 Å². The summed E-state index contributed by atoms with van der Waals surface area (Å²) in [6.45, 7) is 0. The van der Waals surface area contributed by atoms with Crippen molar-refractivity contribution in [3.63, 3.8) is 0 Å². The quantitative estimate of drug-likeness (QED) is 0.540. The van der Waals surface area contributed by atoms with Crippen molar-refractivity contribution in [3.05, 3.63) is 45.8 Å². The molecule has 0 amide bonds. The first-order valence-electron chi connectivity index (χ1n) is 4.03. The fourth-order valence-corrected chi connectivity index (χ4v) is 1.22. The molecule has 0 spiro atoms. The number of halogens is 3. The van der Waals surface area contributed by atoms with Crippen molar-refractivity contribution in [1.82, 2.24) is 0 Å². The van der Waals surface area contributed by atoms with Crippen molar-refractivity contribution in [2.24, 2.45) is 0 Å². The molecule has 16 heavy (non-hydrogen) atoms. The Morgan fingerprint density at radius 2 is 1.75 bits per heavy atom. The van der Waals surface area contributed by atoms with E-state index in [-0.39, 0.29) is 5.63 Å². The molecule has 3 nitrogen and oxygen atoms in total. The molecule has 0 unspecified atom stereocenters. The smallest absolute Gasteiger partial charge is 0.336 e. The van der Waals surface area contributed by atoms with Crippen LogP contribution in [0.2, 0.25) is 5.02 Å². The lowest BCUT2D eigenvalue weighted by Crippen LogP contribution is -1.93. The summed E-state index contributed by atoms with van der Waals surface area (Å²) < 4.78 is 4.01. The van der Waals surface area contributed by atoms with Gasteiger partial charge >= 0.3 is 10.3 Å². The fourth-order valence-electron chi connectivity index (χ4n) is 1.04. The van der Waals surface area contributed by atoms with Gasteiger partial charge in [0, 0.05) is 16.5 Å². The van der Waals surface area contributed by atoms with Crippen molar-refractivity contribution in [2.45, 2.75) is 0 Å². The van der Waals surface area contributed by atoms with E-state index in [1.165, 1.54) is 6.07 Å². The molecule has 0 bridgehead atoms. The number of hydrogen-bond acceptors (Lipinski definition) is 3. The molecular formula is C10H5Cl3O3. The highest BCUT2D eigenvalue weighted by Gasteiger charge is 1.96. The summed E-state index contributed by atoms with van der Waals surface area (Å²) in [6.07, 6.45) is 0. The first kappa shape index (κ1) is 13.0. The van der Waals surface area contributed by atoms with Crippen LogP contribution in [0.5, 0.6) is 0 Å². The summed E-state index contributed by atoms with van der Waals surface area (Å²) in [5.74, 6) is 0. The van der Waals surface area contributed by atoms with Crippen molar-refractivity contribution in [2.75, 3.05) is 0 Å². The summed E-state index contributed by atoms with van der Waals surface area (Å²) >= 11 is 14.5. The van der Waals surface area contributed by atoms with Crippen LogP contribution in [-0.2, 0) is 0 Å². The van der Waals surface area contributed by atoms with Gasteiger partial charge in [0.15, 0.2) is 0 Å². The minimum Gasteiger partial charge on any atom is -0.423 e. The lowest BCUT2D eigenvalue weighted by atomic mass is 10.2. The van der Waals surface area contributed by atoms with Crippen LogP contribution in [0.3, 0.4) is 0 Å². The molecule has 2 aromatic rings. The molecule has 0 aliphatic carbocycles. The monoisotopic (exact) mass is 278 g/mol. The molecule has 2 rings (SSSR count). The molecule has 6 heteroatoms. The summed E-state index contributed by atoms with van der Waals surface area (Å²) in [5, 5.41) is 1.47. The highest BCUT2D eigenvalue weighted by atomic mass is 35.5. The van der Waals surface area contributed by atoms with Gasteiger partial charge in [0.1, 0.15) is 5.58 Å². The van der Waals surface area contributed by atoms with E-state index in [1.54, 1.807) is 24.3 Å². The molecule has 1 heterocycles. The lowest BCUT2D eigenvalue weighted by molar-refractivity contribution is 0.275. The minimum atomic E-state index is -0.889. The number of benzene rings is 1. The van der Waals surface area contributed by atoms with Crippen LogP contribution >= 0.6 is 34.8 Å². The van der Waals surface area contributed by atoms with E-state index in [2.05, 4.69) is 23.2 Å². The SMILES string of the molecule is O=C(Cl)Cl.O=c1ccc2cc(Cl)ccc2o1. The molecule has 84 valence electrons. The first-order chi connectivity index (χ1) is 7.49. The Morgan fingerprint density at radius 3 is 2.38 bits per heavy atom. The lowest BCUT2D eigenvalue weighted by Gasteiger charge is -1.94. The van der Waals surface area contributed by atoms with Crippen LogP contribution in [0, 0.1) is 0 Å². The van der Waals surface area contributed by atoms with Gasteiger partial charge in [-0.25, -0.2) is 4.79 Å². The second-order valence-electron chi connectivity index (χ2n) is 2.66. The minimum absolute atomic E-state index is 0.343. The van der Waals surface area contributed by atoms with Crippen LogP contribution in [0.4, 0.5) is 4.79 Å². The zero-order valence-corrected chi connectivity index (χ0v) is 10.0. The number of rotatable bonds is 0. The molecule has 0 radical (unpaired) electrons. The maximum absolute atomic E-state index is 10.8. The predicted octanol–water partition coefficient (Wildman–Crippen LogP) is 4.03. The summed E-state index contributed by atoms with van der Waals surface area (Å²) in [6, 6.07) is 8.18. The van der Waals surface area contributed by atoms with Gasteiger partial charge in [-0.2, -0.15) is 0 Å². The van der Waals surface area contributed by atoms with Gasteiger partial charge in [0.25, 0.3) is 0 Å². The van der Waals surface area contributed by atoms with Gasteiger partial charge in [-0.1, -0.05) is 11.6 Å². The predicted molar refractivity (Wildman–Crippen MR) is 64.6 cm³/mol. The van der Waals surface area contributed by atoms with E-state index in [1.807, 2.05) is 0 Å². The normalized spacial score (nSPS) is 9.44. The summed E-state index contributed by atoms with van der Waals surface area (Å²) in [4.78, 5) is 19.7. The van der Waals surface area contributed by atoms with Crippen LogP contribution in [-0.4, -0.2) is 4.70 Å². The molecule has 1 aromatic carbocycles. The zero-order valence-electron chi connectivity index (χ0n) is 7.75. The van der Waals surface area contributed by atoms with Gasteiger partial charge < -0.3 is 4.42 Å². The third-order valence-corrected chi connectivity index (χ3v) is 1.82. The van der Waals surface area contributed by atoms with Crippen molar-refractivity contribution in [1.29, 1.82) is 0 Å². The molecule has 0 fully saturated rings. The largest absolute Gasteiger partial charge is 0.423 e. The van der Waals surface area contributed by atoms with Crippen LogP contribution in [0.25, 0.3) is 11.0 Å². The zero-order chi connectivity index (χ0) is 12.1. The van der Waals surface area contributed by atoms with Gasteiger partial charge in [0.05, 0.1) is 0 Å². The molecule has 0 N–H and O–H groups in total. The number of fused-ring (bicyclic) bond motifs is 1. The van der Waals surface area contributed by atoms with Crippen LogP contribution in [0.1, 0.15) is 0 Å². The summed E-state index contributed by atoms with van der Waals surface area (Å²) in [5.41, 5.74) is 0.219. The average molecular weight is 280 g/mol. The Labute approximate surface area is 106 Å². The highest BCUT2D eigenvalue weighted by Crippen LogP contribution is 2.16. The number of carbonyl (C=O) groups is 1. The molecule has 0 aliphatic heterocycles. The Morgan fingerprint density at radius 1 is 1.12 bits per heavy atom. The van der Waals surface area contributed by atoms with Crippen LogP contribution in [0.15, 0.2) is 39.5 Å². The number of hydrogen-bond donors (Lipinski definition) is 0. The Hall–Kier alpha value is -1.03. The molecular weight excluding hydrogens is 274 g/mol. The van der Waals surface area contributed by atoms with Crippen LogP contribution < -0.4 is 5.63 Å². The molecule has 0 atom stereocenters. The fraction of sp³-hybridized carbons (Fsp3) is 0. The Balaban J connectivity index is 0.000000280. The first-order valence-corrected chi connectivity index (χ1v) is 5.17. The van der Waals surface area contributed by atoms with Crippen molar-refractivity contribution >= 4 is 50.5 Å². The van der Waals surface area contributed by atoms with Gasteiger partial charge in [-0.3, -0.25) is 4.79 Å². The van der Waals surface area contributed by atoms with E-state index < -0.39 is 4.70 Å². The third-order valence-electron chi connectivity index (χ3n) is 1.58. The standard InChI is InChI=1S/C9H5ClO2.CCl2O/c10-7-2-3-8-6(5-7)1-4-9(11)12-8;2-1(3)4/h1-5H;. The average Bonchev–Trinajstić information content (AvgIpc) is 2.17. The highest BCUT2D eigenvalue weighted by molar-refractivity contribution is 6.93. The van der Waals surface area contributed by atoms with E-state index in [0.717, 1.165) is 5.39 Å². The second-order valence-corrected chi connectivity index (χ2v) is 3.98. The molecule has 0 saturated carbocycles. The van der Waals surface area contributed by atoms with Crippen molar-refractivity contribution in [3.8, 4) is 0 Å². The Kier molecular flexibility index (Phi) is 4.80. The van der Waals surface area contributed by atoms with Gasteiger partial charge in [-0.05, 0) is 47.5 Å². The second kappa shape index (κ2) is 5.89. The maximum atomic E-state index is 10.8. The Bertz CT molecular complexity index is 558. The van der Waals surface area contributed by atoms with Crippen molar-refractivity contribution < 1.29 is 9.21 Å². The molecule has 0 aliphatic rings. The summed E-state index contributed by atoms with van der Waals surface area (Å²) in [7, 11) is 0. The van der Waals surface area contributed by atoms with Gasteiger partial charge in [-0.15, -0.1) is 0 Å². The van der Waals surface area contributed by atoms with E-state index in [0.29, 0.717) is 10.6 Å². The topological polar surface area (TPSA) is 47.3 Å². The van der Waals surface area contributed by atoms with E-state index in [4.69, 9.17) is 20.8 Å². The molecule has 1 aromatic heterocycles. The molecule has 0 saturated heterocycles. The van der Waals surface area contributed by atoms with E-state index >= 15 is 0 Å². The van der Waals surface area contributed by atoms with Gasteiger partial charge in [0.2, 0.25) is 0 Å². The maximum Gasteiger partial charge on any atom is 0.336 e. The third kappa shape index (κ3) is 4.23. The number of carbonyl (C=O) groups excluding carboxylic acids is 1.